The number of nitrogens with zero attached hydrogens (tertiary/aromatic N) is 4. The third-order valence-corrected chi connectivity index (χ3v) is 4.43. The largest absolute Gasteiger partial charge is 0.481 e. The van der Waals surface area contributed by atoms with Crippen LogP contribution in [0.15, 0.2) is 43.0 Å². The molecule has 0 saturated heterocycles. The number of halogens is 7. The highest BCUT2D eigenvalue weighted by atomic mass is 35.5. The average Bonchev–Trinajstić information content (AvgIpc) is 2.76. The quantitative estimate of drug-likeness (QED) is 0.472. The number of hydrogen-bond acceptors (Lipinski definition) is 6. The Hall–Kier alpha value is -3.48. The number of alkyl halides is 6. The zero-order valence-electron chi connectivity index (χ0n) is 17.1. The molecule has 7 nitrogen and oxygen atoms in total. The number of benzene rings is 1. The summed E-state index contributed by atoms with van der Waals surface area (Å²) in [6.07, 6.45) is -4.59. The average molecular weight is 506 g/mol. The third kappa shape index (κ3) is 6.53. The lowest BCUT2D eigenvalue weighted by atomic mass is 10.1. The maximum Gasteiger partial charge on any atom is 0.422 e. The molecule has 1 N–H and O–H groups in total. The molecule has 0 bridgehead atoms. The van der Waals surface area contributed by atoms with Gasteiger partial charge in [-0.15, -0.1) is 0 Å². The van der Waals surface area contributed by atoms with Crippen LogP contribution in [0.4, 0.5) is 26.3 Å². The second-order valence-electron chi connectivity index (χ2n) is 6.86. The first-order chi connectivity index (χ1) is 15.8. The summed E-state index contributed by atoms with van der Waals surface area (Å²) in [5.41, 5.74) is -1.14. The predicted molar refractivity (Wildman–Crippen MR) is 107 cm³/mol. The molecule has 0 aliphatic carbocycles. The minimum Gasteiger partial charge on any atom is -0.481 e. The van der Waals surface area contributed by atoms with Crippen molar-refractivity contribution in [3.8, 4) is 17.3 Å². The van der Waals surface area contributed by atoms with E-state index in [2.05, 4.69) is 30.0 Å². The number of aromatic nitrogens is 4. The van der Waals surface area contributed by atoms with E-state index < -0.39 is 36.5 Å². The van der Waals surface area contributed by atoms with Gasteiger partial charge in [0.15, 0.2) is 18.2 Å². The zero-order chi connectivity index (χ0) is 25.1. The van der Waals surface area contributed by atoms with Crippen LogP contribution in [0, 0.1) is 0 Å². The molecule has 14 heteroatoms. The molecule has 1 unspecified atom stereocenters. The van der Waals surface area contributed by atoms with Gasteiger partial charge in [0.05, 0.1) is 29.7 Å². The van der Waals surface area contributed by atoms with Gasteiger partial charge < -0.3 is 10.1 Å². The first-order valence-corrected chi connectivity index (χ1v) is 9.73. The van der Waals surface area contributed by atoms with E-state index >= 15 is 0 Å². The van der Waals surface area contributed by atoms with Gasteiger partial charge in [-0.3, -0.25) is 9.78 Å². The van der Waals surface area contributed by atoms with Crippen molar-refractivity contribution in [1.29, 1.82) is 0 Å². The maximum atomic E-state index is 13.0. The lowest BCUT2D eigenvalue weighted by molar-refractivity contribution is -0.153. The van der Waals surface area contributed by atoms with Crippen molar-refractivity contribution >= 4 is 17.5 Å². The highest BCUT2D eigenvalue weighted by Gasteiger charge is 2.32. The van der Waals surface area contributed by atoms with E-state index in [9.17, 15) is 31.1 Å². The van der Waals surface area contributed by atoms with Crippen molar-refractivity contribution in [2.24, 2.45) is 0 Å². The monoisotopic (exact) mass is 505 g/mol. The first kappa shape index (κ1) is 25.1. The highest BCUT2D eigenvalue weighted by molar-refractivity contribution is 6.31. The molecule has 0 fully saturated rings. The number of carbonyl (C=O) groups excluding carboxylic acids is 1. The number of amides is 1. The number of nitrogens with one attached hydrogen (secondary N) is 1. The molecular weight excluding hydrogens is 492 g/mol. The number of hydrogen-bond donors (Lipinski definition) is 1. The van der Waals surface area contributed by atoms with Crippen LogP contribution in [0.1, 0.15) is 34.6 Å². The molecule has 3 rings (SSSR count). The van der Waals surface area contributed by atoms with E-state index in [1.165, 1.54) is 19.3 Å². The SMILES string of the molecule is CC(NC(=O)c1cc(Cl)cc(C(F)(F)F)c1)c1nccnc1-c1ncc(OCC(F)(F)F)cn1. The molecule has 0 aliphatic rings. The molecule has 3 aromatic rings. The summed E-state index contributed by atoms with van der Waals surface area (Å²) in [4.78, 5) is 28.6. The standard InChI is InChI=1S/C20H14ClF6N5O2/c1-10(32-18(33)11-4-12(20(25,26)27)6-13(21)5-11)15-16(29-3-2-28-15)17-30-7-14(8-31-17)34-9-19(22,23)24/h2-8,10H,9H2,1H3,(H,32,33). The van der Waals surface area contributed by atoms with Crippen LogP contribution in [-0.4, -0.2) is 38.6 Å². The maximum absolute atomic E-state index is 13.0. The van der Waals surface area contributed by atoms with Crippen LogP contribution in [0.3, 0.4) is 0 Å². The lowest BCUT2D eigenvalue weighted by Gasteiger charge is -2.17. The van der Waals surface area contributed by atoms with Gasteiger partial charge in [0.2, 0.25) is 0 Å². The van der Waals surface area contributed by atoms with Crippen LogP contribution in [0.25, 0.3) is 11.5 Å². The van der Waals surface area contributed by atoms with Crippen LogP contribution < -0.4 is 10.1 Å². The summed E-state index contributed by atoms with van der Waals surface area (Å²) in [5, 5.41) is 2.23. The first-order valence-electron chi connectivity index (χ1n) is 9.35. The molecule has 0 saturated carbocycles. The molecule has 1 atom stereocenters. The van der Waals surface area contributed by atoms with Gasteiger partial charge in [0.25, 0.3) is 5.91 Å². The van der Waals surface area contributed by atoms with Crippen LogP contribution >= 0.6 is 11.6 Å². The van der Waals surface area contributed by atoms with Crippen molar-refractivity contribution in [2.75, 3.05) is 6.61 Å². The normalized spacial score (nSPS) is 12.8. The zero-order valence-corrected chi connectivity index (χ0v) is 17.8. The van der Waals surface area contributed by atoms with Gasteiger partial charge in [-0.05, 0) is 25.1 Å². The Labute approximate surface area is 193 Å². The molecule has 180 valence electrons. The predicted octanol–water partition coefficient (Wildman–Crippen LogP) is 5.04. The molecule has 0 aliphatic heterocycles. The number of rotatable bonds is 6. The second kappa shape index (κ2) is 9.79. The Balaban J connectivity index is 1.81. The summed E-state index contributed by atoms with van der Waals surface area (Å²) in [5.74, 6) is -1.10. The number of ether oxygens (including phenoxy) is 1. The molecular formula is C20H14ClF6N5O2. The Kier molecular flexibility index (Phi) is 7.24. The van der Waals surface area contributed by atoms with E-state index in [4.69, 9.17) is 11.6 Å². The van der Waals surface area contributed by atoms with E-state index in [1.807, 2.05) is 0 Å². The van der Waals surface area contributed by atoms with E-state index in [0.29, 0.717) is 12.1 Å². The fourth-order valence-electron chi connectivity index (χ4n) is 2.75. The Bertz CT molecular complexity index is 1170. The van der Waals surface area contributed by atoms with Crippen LogP contribution in [0.2, 0.25) is 5.02 Å². The van der Waals surface area contributed by atoms with E-state index in [0.717, 1.165) is 18.5 Å². The Morgan fingerprint density at radius 3 is 2.29 bits per heavy atom. The highest BCUT2D eigenvalue weighted by Crippen LogP contribution is 2.32. The fraction of sp³-hybridized carbons (Fsp3) is 0.250. The smallest absolute Gasteiger partial charge is 0.422 e. The van der Waals surface area contributed by atoms with Crippen molar-refractivity contribution in [2.45, 2.75) is 25.3 Å². The third-order valence-electron chi connectivity index (χ3n) is 4.21. The number of carbonyl (C=O) groups is 1. The molecule has 1 amide bonds. The molecule has 1 aromatic carbocycles. The topological polar surface area (TPSA) is 89.9 Å². The second-order valence-corrected chi connectivity index (χ2v) is 7.29. The molecule has 2 aromatic heterocycles. The molecule has 0 radical (unpaired) electrons. The summed E-state index contributed by atoms with van der Waals surface area (Å²) < 4.78 is 80.5. The van der Waals surface area contributed by atoms with Gasteiger partial charge >= 0.3 is 12.4 Å². The Morgan fingerprint density at radius 1 is 1.03 bits per heavy atom. The van der Waals surface area contributed by atoms with Gasteiger partial charge in [0, 0.05) is 23.0 Å². The summed E-state index contributed by atoms with van der Waals surface area (Å²) in [6.45, 7) is -0.0177. The van der Waals surface area contributed by atoms with E-state index in [-0.39, 0.29) is 33.5 Å². The molecule has 0 spiro atoms. The summed E-state index contributed by atoms with van der Waals surface area (Å²) >= 11 is 5.73. The lowest BCUT2D eigenvalue weighted by Crippen LogP contribution is -2.28. The van der Waals surface area contributed by atoms with Crippen molar-refractivity contribution in [3.63, 3.8) is 0 Å². The van der Waals surface area contributed by atoms with Crippen molar-refractivity contribution in [1.82, 2.24) is 25.3 Å². The summed E-state index contributed by atoms with van der Waals surface area (Å²) in [6, 6.07) is 1.57. The minimum absolute atomic E-state index is 0.0225. The Morgan fingerprint density at radius 2 is 1.68 bits per heavy atom. The van der Waals surface area contributed by atoms with Crippen LogP contribution in [0.5, 0.6) is 5.75 Å². The van der Waals surface area contributed by atoms with Crippen molar-refractivity contribution < 1.29 is 35.9 Å². The molecule has 2 heterocycles. The van der Waals surface area contributed by atoms with Crippen molar-refractivity contribution in [3.05, 3.63) is 64.8 Å². The fourth-order valence-corrected chi connectivity index (χ4v) is 2.98. The summed E-state index contributed by atoms with van der Waals surface area (Å²) in [7, 11) is 0. The minimum atomic E-state index is -4.70. The van der Waals surface area contributed by atoms with E-state index in [1.54, 1.807) is 0 Å². The molecule has 34 heavy (non-hydrogen) atoms. The van der Waals surface area contributed by atoms with Gasteiger partial charge in [-0.25, -0.2) is 15.0 Å². The van der Waals surface area contributed by atoms with Crippen LogP contribution in [-0.2, 0) is 6.18 Å². The van der Waals surface area contributed by atoms with Gasteiger partial charge in [0.1, 0.15) is 5.69 Å². The van der Waals surface area contributed by atoms with Gasteiger partial charge in [-0.1, -0.05) is 11.6 Å². The van der Waals surface area contributed by atoms with Gasteiger partial charge in [-0.2, -0.15) is 26.3 Å².